The van der Waals surface area contributed by atoms with Crippen LogP contribution in [0.15, 0.2) is 24.3 Å². The van der Waals surface area contributed by atoms with Gasteiger partial charge in [-0.05, 0) is 37.1 Å². The first-order valence-electron chi connectivity index (χ1n) is 9.32. The smallest absolute Gasteiger partial charge is 0.305 e. The molecule has 0 unspecified atom stereocenters. The predicted molar refractivity (Wildman–Crippen MR) is 98.4 cm³/mol. The summed E-state index contributed by atoms with van der Waals surface area (Å²) < 4.78 is 21.2. The highest BCUT2D eigenvalue weighted by molar-refractivity contribution is 5.69. The minimum atomic E-state index is -0.186. The van der Waals surface area contributed by atoms with Crippen molar-refractivity contribution in [3.8, 4) is 11.5 Å². The lowest BCUT2D eigenvalue weighted by atomic mass is 10.2. The first-order chi connectivity index (χ1) is 12.7. The number of carbonyl (C=O) groups is 2. The van der Waals surface area contributed by atoms with Gasteiger partial charge in [0.1, 0.15) is 37.9 Å². The molecule has 6 heteroatoms. The summed E-state index contributed by atoms with van der Waals surface area (Å²) in [5.74, 6) is 0.977. The Morgan fingerprint density at radius 1 is 0.692 bits per heavy atom. The molecule has 0 spiro atoms. The molecule has 0 saturated carbocycles. The minimum absolute atomic E-state index is 0.186. The van der Waals surface area contributed by atoms with Crippen LogP contribution in [0.2, 0.25) is 0 Å². The Morgan fingerprint density at radius 2 is 1.08 bits per heavy atom. The highest BCUT2D eigenvalue weighted by atomic mass is 16.6. The van der Waals surface area contributed by atoms with Gasteiger partial charge in [0, 0.05) is 12.8 Å². The van der Waals surface area contributed by atoms with Crippen molar-refractivity contribution < 1.29 is 28.5 Å². The molecule has 1 rings (SSSR count). The minimum Gasteiger partial charge on any atom is -0.490 e. The van der Waals surface area contributed by atoms with Gasteiger partial charge in [-0.1, -0.05) is 26.7 Å². The number of unbranched alkanes of at least 4 members (excludes halogenated alkanes) is 2. The van der Waals surface area contributed by atoms with E-state index in [1.807, 2.05) is 13.8 Å². The standard InChI is InChI=1S/C20H30O6/c1-3-5-7-19(21)25-15-13-23-17-9-11-18(12-10-17)24-14-16-26-20(22)8-6-4-2/h9-12H,3-8,13-16H2,1-2H3. The largest absolute Gasteiger partial charge is 0.490 e. The summed E-state index contributed by atoms with van der Waals surface area (Å²) in [5.41, 5.74) is 0. The average molecular weight is 366 g/mol. The SMILES string of the molecule is CCCCC(=O)OCCOc1ccc(OCCOC(=O)CCCC)cc1. The molecule has 0 atom stereocenters. The van der Waals surface area contributed by atoms with Gasteiger partial charge in [0.25, 0.3) is 0 Å². The number of carbonyl (C=O) groups excluding carboxylic acids is 2. The van der Waals surface area contributed by atoms with Gasteiger partial charge in [0.15, 0.2) is 0 Å². The summed E-state index contributed by atoms with van der Waals surface area (Å²) in [7, 11) is 0. The second-order valence-corrected chi connectivity index (χ2v) is 5.82. The molecule has 0 radical (unpaired) electrons. The van der Waals surface area contributed by atoms with Gasteiger partial charge in [0.05, 0.1) is 0 Å². The zero-order valence-electron chi connectivity index (χ0n) is 15.8. The van der Waals surface area contributed by atoms with Crippen LogP contribution in [0.3, 0.4) is 0 Å². The zero-order valence-corrected chi connectivity index (χ0v) is 15.8. The number of esters is 2. The molecular formula is C20H30O6. The van der Waals surface area contributed by atoms with Crippen LogP contribution in [0.5, 0.6) is 11.5 Å². The van der Waals surface area contributed by atoms with Crippen molar-refractivity contribution in [3.63, 3.8) is 0 Å². The molecule has 0 saturated heterocycles. The molecule has 146 valence electrons. The maximum atomic E-state index is 11.4. The van der Waals surface area contributed by atoms with Crippen LogP contribution in [0.4, 0.5) is 0 Å². The Balaban J connectivity index is 2.13. The molecule has 1 aromatic rings. The van der Waals surface area contributed by atoms with Crippen LogP contribution in [0.25, 0.3) is 0 Å². The molecule has 1 aromatic carbocycles. The fraction of sp³-hybridized carbons (Fsp3) is 0.600. The Bertz CT molecular complexity index is 465. The van der Waals surface area contributed by atoms with Crippen molar-refractivity contribution in [2.75, 3.05) is 26.4 Å². The fourth-order valence-corrected chi connectivity index (χ4v) is 2.05. The van der Waals surface area contributed by atoms with E-state index in [-0.39, 0.29) is 25.2 Å². The third-order valence-electron chi connectivity index (χ3n) is 3.52. The van der Waals surface area contributed by atoms with Crippen molar-refractivity contribution in [1.82, 2.24) is 0 Å². The van der Waals surface area contributed by atoms with Crippen LogP contribution in [0, 0.1) is 0 Å². The second-order valence-electron chi connectivity index (χ2n) is 5.82. The quantitative estimate of drug-likeness (QED) is 0.367. The normalized spacial score (nSPS) is 10.2. The highest BCUT2D eigenvalue weighted by Gasteiger charge is 2.03. The van der Waals surface area contributed by atoms with E-state index in [4.69, 9.17) is 18.9 Å². The summed E-state index contributed by atoms with van der Waals surface area (Å²) in [4.78, 5) is 22.7. The molecule has 6 nitrogen and oxygen atoms in total. The maximum absolute atomic E-state index is 11.4. The first kappa shape index (κ1) is 21.8. The first-order valence-corrected chi connectivity index (χ1v) is 9.32. The van der Waals surface area contributed by atoms with E-state index in [9.17, 15) is 9.59 Å². The molecule has 0 aliphatic carbocycles. The van der Waals surface area contributed by atoms with Crippen molar-refractivity contribution in [1.29, 1.82) is 0 Å². The number of ether oxygens (including phenoxy) is 4. The fourth-order valence-electron chi connectivity index (χ4n) is 2.05. The number of rotatable bonds is 14. The molecule has 0 aromatic heterocycles. The molecule has 0 fully saturated rings. The average Bonchev–Trinajstić information content (AvgIpc) is 2.66. The van der Waals surface area contributed by atoms with Gasteiger partial charge < -0.3 is 18.9 Å². The molecule has 0 aliphatic heterocycles. The topological polar surface area (TPSA) is 71.1 Å². The lowest BCUT2D eigenvalue weighted by Gasteiger charge is -2.09. The second kappa shape index (κ2) is 14.0. The van der Waals surface area contributed by atoms with E-state index in [1.54, 1.807) is 24.3 Å². The number of hydrogen-bond donors (Lipinski definition) is 0. The van der Waals surface area contributed by atoms with Gasteiger partial charge >= 0.3 is 11.9 Å². The van der Waals surface area contributed by atoms with Crippen LogP contribution >= 0.6 is 0 Å². The molecule has 0 aliphatic rings. The molecule has 0 N–H and O–H groups in total. The zero-order chi connectivity index (χ0) is 19.0. The van der Waals surface area contributed by atoms with Crippen molar-refractivity contribution in [2.24, 2.45) is 0 Å². The van der Waals surface area contributed by atoms with Crippen molar-refractivity contribution in [3.05, 3.63) is 24.3 Å². The Kier molecular flexibility index (Phi) is 11.7. The molecular weight excluding hydrogens is 336 g/mol. The Hall–Kier alpha value is -2.24. The van der Waals surface area contributed by atoms with E-state index >= 15 is 0 Å². The molecule has 0 bridgehead atoms. The summed E-state index contributed by atoms with van der Waals surface area (Å²) in [6, 6.07) is 7.12. The molecule has 0 heterocycles. The molecule has 0 amide bonds. The van der Waals surface area contributed by atoms with Gasteiger partial charge in [-0.3, -0.25) is 9.59 Å². The van der Waals surface area contributed by atoms with Crippen LogP contribution in [-0.4, -0.2) is 38.4 Å². The van der Waals surface area contributed by atoms with Crippen molar-refractivity contribution in [2.45, 2.75) is 52.4 Å². The number of benzene rings is 1. The lowest BCUT2D eigenvalue weighted by Crippen LogP contribution is -2.12. The maximum Gasteiger partial charge on any atom is 0.305 e. The van der Waals surface area contributed by atoms with Crippen LogP contribution in [0.1, 0.15) is 52.4 Å². The van der Waals surface area contributed by atoms with E-state index < -0.39 is 0 Å². The highest BCUT2D eigenvalue weighted by Crippen LogP contribution is 2.17. The summed E-state index contributed by atoms with van der Waals surface area (Å²) >= 11 is 0. The number of hydrogen-bond acceptors (Lipinski definition) is 6. The van der Waals surface area contributed by atoms with E-state index in [0.717, 1.165) is 25.7 Å². The van der Waals surface area contributed by atoms with E-state index in [0.29, 0.717) is 37.6 Å². The Labute approximate surface area is 155 Å². The predicted octanol–water partition coefficient (Wildman–Crippen LogP) is 3.91. The van der Waals surface area contributed by atoms with Gasteiger partial charge in [-0.2, -0.15) is 0 Å². The van der Waals surface area contributed by atoms with Crippen molar-refractivity contribution >= 4 is 11.9 Å². The Morgan fingerprint density at radius 3 is 1.42 bits per heavy atom. The summed E-state index contributed by atoms with van der Waals surface area (Å²) in [6.45, 7) is 5.17. The third kappa shape index (κ3) is 10.6. The summed E-state index contributed by atoms with van der Waals surface area (Å²) in [5, 5.41) is 0. The van der Waals surface area contributed by atoms with Crippen LogP contribution < -0.4 is 9.47 Å². The monoisotopic (exact) mass is 366 g/mol. The van der Waals surface area contributed by atoms with Gasteiger partial charge in [-0.25, -0.2) is 0 Å². The van der Waals surface area contributed by atoms with Gasteiger partial charge in [-0.15, -0.1) is 0 Å². The van der Waals surface area contributed by atoms with Gasteiger partial charge in [0.2, 0.25) is 0 Å². The van der Waals surface area contributed by atoms with E-state index in [2.05, 4.69) is 0 Å². The summed E-state index contributed by atoms with van der Waals surface area (Å²) in [6.07, 6.45) is 4.55. The third-order valence-corrected chi connectivity index (χ3v) is 3.52. The van der Waals surface area contributed by atoms with E-state index in [1.165, 1.54) is 0 Å². The lowest BCUT2D eigenvalue weighted by molar-refractivity contribution is -0.145. The molecule has 26 heavy (non-hydrogen) atoms. The van der Waals surface area contributed by atoms with Crippen LogP contribution in [-0.2, 0) is 19.1 Å².